The third kappa shape index (κ3) is 2.50. The van der Waals surface area contributed by atoms with E-state index in [-0.39, 0.29) is 18.6 Å². The Kier molecular flexibility index (Phi) is 3.41. The molecule has 0 aliphatic carbocycles. The molecule has 1 atom stereocenters. The molecular weight excluding hydrogens is 330 g/mol. The zero-order valence-corrected chi connectivity index (χ0v) is 14.0. The molecule has 0 fully saturated rings. The lowest BCUT2D eigenvalue weighted by atomic mass is 9.87. The van der Waals surface area contributed by atoms with Crippen LogP contribution in [0.5, 0.6) is 11.5 Å². The minimum absolute atomic E-state index is 0.0128. The fourth-order valence-corrected chi connectivity index (χ4v) is 3.58. The molecule has 5 rings (SSSR count). The van der Waals surface area contributed by atoms with Crippen LogP contribution < -0.4 is 14.8 Å². The van der Waals surface area contributed by atoms with Gasteiger partial charge in [-0.15, -0.1) is 0 Å². The molecule has 6 nitrogen and oxygen atoms in total. The molecule has 0 saturated carbocycles. The van der Waals surface area contributed by atoms with E-state index in [4.69, 9.17) is 9.47 Å². The van der Waals surface area contributed by atoms with Crippen molar-refractivity contribution in [3.63, 3.8) is 0 Å². The average molecular weight is 347 g/mol. The quantitative estimate of drug-likeness (QED) is 0.790. The van der Waals surface area contributed by atoms with Crippen LogP contribution in [-0.4, -0.2) is 22.5 Å². The largest absolute Gasteiger partial charge is 0.454 e. The molecule has 2 aliphatic heterocycles. The van der Waals surface area contributed by atoms with Crippen LogP contribution in [0.3, 0.4) is 0 Å². The molecule has 130 valence electrons. The number of hydrogen-bond acceptors (Lipinski definition) is 4. The topological polar surface area (TPSA) is 65.4 Å². The molecule has 0 bridgehead atoms. The number of ether oxygens (including phenoxy) is 2. The summed E-state index contributed by atoms with van der Waals surface area (Å²) in [5.41, 5.74) is 3.22. The van der Waals surface area contributed by atoms with Gasteiger partial charge in [-0.3, -0.25) is 4.79 Å². The van der Waals surface area contributed by atoms with E-state index in [1.165, 1.54) is 0 Å². The smallest absolute Gasteiger partial charge is 0.231 e. The Balaban J connectivity index is 1.49. The second-order valence-corrected chi connectivity index (χ2v) is 6.51. The Labute approximate surface area is 150 Å². The highest BCUT2D eigenvalue weighted by Crippen LogP contribution is 2.38. The normalized spacial score (nSPS) is 17.7. The van der Waals surface area contributed by atoms with Crippen molar-refractivity contribution in [3.8, 4) is 11.5 Å². The van der Waals surface area contributed by atoms with Crippen LogP contribution >= 0.6 is 0 Å². The van der Waals surface area contributed by atoms with Crippen LogP contribution in [0.25, 0.3) is 0 Å². The molecule has 2 aromatic carbocycles. The SMILES string of the molecule is O=C1CC(c2ccccc2)c2cnn(Cc3ccc4c(c3)OCO4)c2N1. The molecule has 1 amide bonds. The molecule has 6 heteroatoms. The molecule has 3 aromatic rings. The molecule has 0 spiro atoms. The van der Waals surface area contributed by atoms with Gasteiger partial charge in [0.1, 0.15) is 5.82 Å². The monoisotopic (exact) mass is 347 g/mol. The van der Waals surface area contributed by atoms with Crippen molar-refractivity contribution in [2.24, 2.45) is 0 Å². The van der Waals surface area contributed by atoms with Crippen molar-refractivity contribution < 1.29 is 14.3 Å². The van der Waals surface area contributed by atoms with Gasteiger partial charge in [0, 0.05) is 17.9 Å². The van der Waals surface area contributed by atoms with Gasteiger partial charge in [-0.25, -0.2) is 4.68 Å². The van der Waals surface area contributed by atoms with Gasteiger partial charge in [0.05, 0.1) is 12.7 Å². The zero-order chi connectivity index (χ0) is 17.5. The number of nitrogens with one attached hydrogen (secondary N) is 1. The van der Waals surface area contributed by atoms with Gasteiger partial charge in [0.25, 0.3) is 0 Å². The highest BCUT2D eigenvalue weighted by atomic mass is 16.7. The molecule has 26 heavy (non-hydrogen) atoms. The van der Waals surface area contributed by atoms with Crippen molar-refractivity contribution in [1.29, 1.82) is 0 Å². The van der Waals surface area contributed by atoms with E-state index in [0.717, 1.165) is 34.0 Å². The lowest BCUT2D eigenvalue weighted by molar-refractivity contribution is -0.116. The first kappa shape index (κ1) is 15.0. The molecule has 2 aliphatic rings. The minimum Gasteiger partial charge on any atom is -0.454 e. The number of nitrogens with zero attached hydrogens (tertiary/aromatic N) is 2. The molecule has 0 radical (unpaired) electrons. The van der Waals surface area contributed by atoms with Gasteiger partial charge >= 0.3 is 0 Å². The van der Waals surface area contributed by atoms with E-state index in [1.807, 2.05) is 47.3 Å². The average Bonchev–Trinajstić information content (AvgIpc) is 3.29. The first-order valence-corrected chi connectivity index (χ1v) is 8.57. The van der Waals surface area contributed by atoms with Crippen molar-refractivity contribution in [2.45, 2.75) is 18.9 Å². The molecule has 1 unspecified atom stereocenters. The van der Waals surface area contributed by atoms with Gasteiger partial charge in [-0.2, -0.15) is 5.10 Å². The van der Waals surface area contributed by atoms with Crippen molar-refractivity contribution in [2.75, 3.05) is 12.1 Å². The van der Waals surface area contributed by atoms with Crippen LogP contribution in [0.15, 0.2) is 54.7 Å². The number of benzene rings is 2. The summed E-state index contributed by atoms with van der Waals surface area (Å²) >= 11 is 0. The lowest BCUT2D eigenvalue weighted by Gasteiger charge is -2.23. The predicted octanol–water partition coefficient (Wildman–Crippen LogP) is 3.13. The summed E-state index contributed by atoms with van der Waals surface area (Å²) < 4.78 is 12.6. The standard InChI is InChI=1S/C20H17N3O3/c24-19-9-15(14-4-2-1-3-5-14)16-10-21-23(20(16)22-19)11-13-6-7-17-18(8-13)26-12-25-17/h1-8,10,15H,9,11-12H2,(H,22,24). The van der Waals surface area contributed by atoms with Gasteiger partial charge in [0.2, 0.25) is 12.7 Å². The number of rotatable bonds is 3. The van der Waals surface area contributed by atoms with Gasteiger partial charge in [-0.1, -0.05) is 36.4 Å². The maximum absolute atomic E-state index is 12.3. The number of anilines is 1. The summed E-state index contributed by atoms with van der Waals surface area (Å²) in [6, 6.07) is 15.9. The van der Waals surface area contributed by atoms with Crippen LogP contribution in [0.2, 0.25) is 0 Å². The van der Waals surface area contributed by atoms with Crippen LogP contribution in [-0.2, 0) is 11.3 Å². The Hall–Kier alpha value is -3.28. The number of hydrogen-bond donors (Lipinski definition) is 1. The van der Waals surface area contributed by atoms with Gasteiger partial charge < -0.3 is 14.8 Å². The third-order valence-corrected chi connectivity index (χ3v) is 4.86. The molecular formula is C20H17N3O3. The fraction of sp³-hybridized carbons (Fsp3) is 0.200. The van der Waals surface area contributed by atoms with Gasteiger partial charge in [0.15, 0.2) is 11.5 Å². The Morgan fingerprint density at radius 2 is 1.96 bits per heavy atom. The number of carbonyl (C=O) groups excluding carboxylic acids is 1. The summed E-state index contributed by atoms with van der Waals surface area (Å²) in [6.45, 7) is 0.804. The number of carbonyl (C=O) groups is 1. The molecule has 0 saturated heterocycles. The minimum atomic E-state index is 0.0128. The maximum atomic E-state index is 12.3. The zero-order valence-electron chi connectivity index (χ0n) is 14.0. The summed E-state index contributed by atoms with van der Waals surface area (Å²) in [5.74, 6) is 2.32. The fourth-order valence-electron chi connectivity index (χ4n) is 3.58. The maximum Gasteiger partial charge on any atom is 0.231 e. The van der Waals surface area contributed by atoms with E-state index in [9.17, 15) is 4.79 Å². The van der Waals surface area contributed by atoms with E-state index in [0.29, 0.717) is 13.0 Å². The number of fused-ring (bicyclic) bond motifs is 2. The number of amides is 1. The van der Waals surface area contributed by atoms with Crippen LogP contribution in [0, 0.1) is 0 Å². The molecule has 3 heterocycles. The summed E-state index contributed by atoms with van der Waals surface area (Å²) in [6.07, 6.45) is 2.30. The number of aromatic nitrogens is 2. The van der Waals surface area contributed by atoms with Crippen LogP contribution in [0.1, 0.15) is 29.0 Å². The second kappa shape index (κ2) is 5.91. The first-order chi connectivity index (χ1) is 12.8. The highest BCUT2D eigenvalue weighted by Gasteiger charge is 2.30. The van der Waals surface area contributed by atoms with E-state index >= 15 is 0 Å². The lowest BCUT2D eigenvalue weighted by Crippen LogP contribution is -2.25. The van der Waals surface area contributed by atoms with E-state index < -0.39 is 0 Å². The van der Waals surface area contributed by atoms with E-state index in [1.54, 1.807) is 0 Å². The predicted molar refractivity (Wildman–Crippen MR) is 95.4 cm³/mol. The second-order valence-electron chi connectivity index (χ2n) is 6.51. The Morgan fingerprint density at radius 1 is 1.12 bits per heavy atom. The summed E-state index contributed by atoms with van der Waals surface area (Å²) in [5, 5.41) is 7.51. The third-order valence-electron chi connectivity index (χ3n) is 4.86. The Morgan fingerprint density at radius 3 is 2.85 bits per heavy atom. The van der Waals surface area contributed by atoms with Crippen molar-refractivity contribution in [3.05, 3.63) is 71.4 Å². The van der Waals surface area contributed by atoms with Crippen molar-refractivity contribution >= 4 is 11.7 Å². The first-order valence-electron chi connectivity index (χ1n) is 8.57. The Bertz CT molecular complexity index is 981. The van der Waals surface area contributed by atoms with E-state index in [2.05, 4.69) is 22.5 Å². The highest BCUT2D eigenvalue weighted by molar-refractivity contribution is 5.94. The van der Waals surface area contributed by atoms with Gasteiger partial charge in [-0.05, 0) is 23.3 Å². The summed E-state index contributed by atoms with van der Waals surface area (Å²) in [7, 11) is 0. The van der Waals surface area contributed by atoms with Crippen molar-refractivity contribution in [1.82, 2.24) is 9.78 Å². The molecule has 1 N–H and O–H groups in total. The molecule has 1 aromatic heterocycles. The van der Waals surface area contributed by atoms with Crippen LogP contribution in [0.4, 0.5) is 5.82 Å². The summed E-state index contributed by atoms with van der Waals surface area (Å²) in [4.78, 5) is 12.3.